The Morgan fingerprint density at radius 3 is 2.61 bits per heavy atom. The van der Waals surface area contributed by atoms with E-state index in [1.165, 1.54) is 0 Å². The normalized spacial score (nSPS) is 13.6. The van der Waals surface area contributed by atoms with E-state index in [9.17, 15) is 14.7 Å². The Hall–Kier alpha value is -2.68. The standard InChI is InChI=1S/C14H19N5O4/c1-7-11(8(2)19(4)18-7)9-5-10(17-16-9)12(20)15-6-14(3,23)13(21)22/h5,23H,6H2,1-4H3,(H,15,20)(H,16,17)(H,21,22). The highest BCUT2D eigenvalue weighted by molar-refractivity contribution is 5.94. The molecule has 0 aromatic carbocycles. The first kappa shape index (κ1) is 16.7. The predicted molar refractivity (Wildman–Crippen MR) is 80.9 cm³/mol. The van der Waals surface area contributed by atoms with Crippen LogP contribution in [0.5, 0.6) is 0 Å². The van der Waals surface area contributed by atoms with Crippen LogP contribution in [0.15, 0.2) is 6.07 Å². The molecule has 2 aromatic heterocycles. The summed E-state index contributed by atoms with van der Waals surface area (Å²) in [5, 5.41) is 31.8. The molecule has 0 bridgehead atoms. The van der Waals surface area contributed by atoms with Gasteiger partial charge in [0.05, 0.1) is 17.9 Å². The molecule has 2 aromatic rings. The number of nitrogens with one attached hydrogen (secondary N) is 2. The quantitative estimate of drug-likeness (QED) is 0.612. The van der Waals surface area contributed by atoms with Crippen molar-refractivity contribution in [3.8, 4) is 11.3 Å². The molecule has 1 amide bonds. The zero-order valence-electron chi connectivity index (χ0n) is 13.3. The van der Waals surface area contributed by atoms with Gasteiger partial charge in [-0.3, -0.25) is 14.6 Å². The van der Waals surface area contributed by atoms with Crippen LogP contribution in [0.25, 0.3) is 11.3 Å². The summed E-state index contributed by atoms with van der Waals surface area (Å²) in [4.78, 5) is 22.8. The van der Waals surface area contributed by atoms with E-state index < -0.39 is 24.0 Å². The van der Waals surface area contributed by atoms with Crippen molar-refractivity contribution in [1.29, 1.82) is 0 Å². The van der Waals surface area contributed by atoms with E-state index in [0.29, 0.717) is 5.69 Å². The third-order valence-electron chi connectivity index (χ3n) is 3.64. The molecule has 0 aliphatic rings. The summed E-state index contributed by atoms with van der Waals surface area (Å²) in [6.07, 6.45) is 0. The van der Waals surface area contributed by atoms with E-state index in [-0.39, 0.29) is 5.69 Å². The van der Waals surface area contributed by atoms with E-state index in [1.807, 2.05) is 20.9 Å². The molecule has 1 unspecified atom stereocenters. The molecule has 0 radical (unpaired) electrons. The second kappa shape index (κ2) is 5.84. The number of aryl methyl sites for hydroxylation is 2. The van der Waals surface area contributed by atoms with Crippen molar-refractivity contribution in [3.05, 3.63) is 23.1 Å². The minimum Gasteiger partial charge on any atom is -0.479 e. The van der Waals surface area contributed by atoms with Gasteiger partial charge >= 0.3 is 5.97 Å². The van der Waals surface area contributed by atoms with Crippen LogP contribution in [0.4, 0.5) is 0 Å². The molecule has 0 saturated carbocycles. The number of amides is 1. The second-order valence-electron chi connectivity index (χ2n) is 5.60. The van der Waals surface area contributed by atoms with E-state index in [1.54, 1.807) is 10.7 Å². The number of carboxylic acid groups (broad SMARTS) is 1. The van der Waals surface area contributed by atoms with Crippen molar-refractivity contribution in [2.45, 2.75) is 26.4 Å². The molecule has 4 N–H and O–H groups in total. The van der Waals surface area contributed by atoms with Crippen LogP contribution in [-0.2, 0) is 11.8 Å². The first-order valence-electron chi connectivity index (χ1n) is 6.93. The zero-order chi connectivity index (χ0) is 17.4. The number of carbonyl (C=O) groups excluding carboxylic acids is 1. The molecule has 23 heavy (non-hydrogen) atoms. The molecular weight excluding hydrogens is 302 g/mol. The number of aliphatic hydroxyl groups is 1. The van der Waals surface area contributed by atoms with Crippen molar-refractivity contribution in [2.75, 3.05) is 6.54 Å². The van der Waals surface area contributed by atoms with Crippen molar-refractivity contribution in [3.63, 3.8) is 0 Å². The average molecular weight is 321 g/mol. The lowest BCUT2D eigenvalue weighted by atomic mass is 10.1. The maximum atomic E-state index is 12.0. The van der Waals surface area contributed by atoms with Gasteiger partial charge in [-0.05, 0) is 26.8 Å². The monoisotopic (exact) mass is 321 g/mol. The molecule has 0 aliphatic carbocycles. The van der Waals surface area contributed by atoms with Gasteiger partial charge < -0.3 is 15.5 Å². The van der Waals surface area contributed by atoms with E-state index >= 15 is 0 Å². The van der Waals surface area contributed by atoms with Gasteiger partial charge in [-0.1, -0.05) is 0 Å². The number of nitrogens with zero attached hydrogens (tertiary/aromatic N) is 3. The first-order valence-corrected chi connectivity index (χ1v) is 6.93. The number of hydrogen-bond acceptors (Lipinski definition) is 5. The summed E-state index contributed by atoms with van der Waals surface area (Å²) in [6, 6.07) is 1.56. The average Bonchev–Trinajstić information content (AvgIpc) is 3.02. The number of aromatic amines is 1. The smallest absolute Gasteiger partial charge is 0.337 e. The van der Waals surface area contributed by atoms with Gasteiger partial charge in [0.1, 0.15) is 5.69 Å². The number of aliphatic carboxylic acids is 1. The van der Waals surface area contributed by atoms with Crippen molar-refractivity contribution in [2.24, 2.45) is 7.05 Å². The van der Waals surface area contributed by atoms with Gasteiger partial charge in [0.15, 0.2) is 5.60 Å². The van der Waals surface area contributed by atoms with Crippen LogP contribution in [0.1, 0.15) is 28.8 Å². The molecule has 2 heterocycles. The van der Waals surface area contributed by atoms with Gasteiger partial charge in [0, 0.05) is 18.3 Å². The zero-order valence-corrected chi connectivity index (χ0v) is 13.3. The summed E-state index contributed by atoms with van der Waals surface area (Å²) < 4.78 is 1.73. The fourth-order valence-electron chi connectivity index (χ4n) is 2.13. The summed E-state index contributed by atoms with van der Waals surface area (Å²) in [7, 11) is 1.82. The van der Waals surface area contributed by atoms with E-state index in [4.69, 9.17) is 5.11 Å². The van der Waals surface area contributed by atoms with Gasteiger partial charge in [-0.2, -0.15) is 10.2 Å². The number of carboxylic acids is 1. The molecule has 2 rings (SSSR count). The Morgan fingerprint density at radius 2 is 2.09 bits per heavy atom. The van der Waals surface area contributed by atoms with Crippen LogP contribution in [0.2, 0.25) is 0 Å². The minimum absolute atomic E-state index is 0.170. The van der Waals surface area contributed by atoms with Gasteiger partial charge in [0.25, 0.3) is 5.91 Å². The lowest BCUT2D eigenvalue weighted by molar-refractivity contribution is -0.155. The van der Waals surface area contributed by atoms with Crippen molar-refractivity contribution >= 4 is 11.9 Å². The highest BCUT2D eigenvalue weighted by Crippen LogP contribution is 2.25. The van der Waals surface area contributed by atoms with Gasteiger partial charge in [-0.15, -0.1) is 0 Å². The summed E-state index contributed by atoms with van der Waals surface area (Å²) in [5.41, 5.74) is 1.24. The van der Waals surface area contributed by atoms with Crippen molar-refractivity contribution in [1.82, 2.24) is 25.3 Å². The third-order valence-corrected chi connectivity index (χ3v) is 3.64. The topological polar surface area (TPSA) is 133 Å². The van der Waals surface area contributed by atoms with Gasteiger partial charge in [-0.25, -0.2) is 4.79 Å². The Bertz CT molecular complexity index is 759. The molecule has 9 nitrogen and oxygen atoms in total. The number of carbonyl (C=O) groups is 2. The maximum Gasteiger partial charge on any atom is 0.337 e. The molecule has 0 saturated heterocycles. The Kier molecular flexibility index (Phi) is 4.24. The molecule has 0 fully saturated rings. The van der Waals surface area contributed by atoms with Crippen LogP contribution >= 0.6 is 0 Å². The maximum absolute atomic E-state index is 12.0. The number of aromatic nitrogens is 4. The molecule has 9 heteroatoms. The summed E-state index contributed by atoms with van der Waals surface area (Å²) >= 11 is 0. The Labute approximate surface area is 132 Å². The Morgan fingerprint density at radius 1 is 1.43 bits per heavy atom. The fourth-order valence-corrected chi connectivity index (χ4v) is 2.13. The highest BCUT2D eigenvalue weighted by atomic mass is 16.4. The molecule has 0 aliphatic heterocycles. The third kappa shape index (κ3) is 3.24. The molecular formula is C14H19N5O4. The minimum atomic E-state index is -2.03. The number of rotatable bonds is 5. The molecule has 1 atom stereocenters. The number of hydrogen-bond donors (Lipinski definition) is 4. The molecule has 124 valence electrons. The SMILES string of the molecule is Cc1nn(C)c(C)c1-c1cc(C(=O)NCC(C)(O)C(=O)O)[nH]n1. The lowest BCUT2D eigenvalue weighted by Gasteiger charge is -2.17. The van der Waals surface area contributed by atoms with E-state index in [0.717, 1.165) is 23.9 Å². The predicted octanol–water partition coefficient (Wildman–Crippen LogP) is -0.00756. The Balaban J connectivity index is 2.16. The summed E-state index contributed by atoms with van der Waals surface area (Å²) in [6.45, 7) is 4.44. The fraction of sp³-hybridized carbons (Fsp3) is 0.429. The summed E-state index contributed by atoms with van der Waals surface area (Å²) in [5.74, 6) is -1.96. The van der Waals surface area contributed by atoms with Gasteiger partial charge in [0.2, 0.25) is 0 Å². The van der Waals surface area contributed by atoms with Crippen LogP contribution < -0.4 is 5.32 Å². The second-order valence-corrected chi connectivity index (χ2v) is 5.60. The highest BCUT2D eigenvalue weighted by Gasteiger charge is 2.30. The lowest BCUT2D eigenvalue weighted by Crippen LogP contribution is -2.46. The van der Waals surface area contributed by atoms with Crippen LogP contribution in [0.3, 0.4) is 0 Å². The largest absolute Gasteiger partial charge is 0.479 e. The first-order chi connectivity index (χ1) is 10.6. The van der Waals surface area contributed by atoms with E-state index in [2.05, 4.69) is 20.6 Å². The van der Waals surface area contributed by atoms with Crippen LogP contribution in [-0.4, -0.2) is 54.2 Å². The number of H-pyrrole nitrogens is 1. The van der Waals surface area contributed by atoms with Crippen molar-refractivity contribution < 1.29 is 19.8 Å². The van der Waals surface area contributed by atoms with Crippen LogP contribution in [0, 0.1) is 13.8 Å². The molecule has 0 spiro atoms.